The van der Waals surface area contributed by atoms with Crippen LogP contribution in [0.3, 0.4) is 0 Å². The van der Waals surface area contributed by atoms with Crippen molar-refractivity contribution in [2.45, 2.75) is 57.1 Å². The molecular formula is C17H28N2O3. The van der Waals surface area contributed by atoms with E-state index in [0.717, 1.165) is 32.0 Å². The summed E-state index contributed by atoms with van der Waals surface area (Å²) in [7, 11) is 0. The average Bonchev–Trinajstić information content (AvgIpc) is 2.89. The van der Waals surface area contributed by atoms with Crippen molar-refractivity contribution in [2.75, 3.05) is 32.8 Å². The first-order valence-electron chi connectivity index (χ1n) is 9.10. The van der Waals surface area contributed by atoms with Gasteiger partial charge in [-0.3, -0.25) is 9.63 Å². The molecule has 3 heterocycles. The second-order valence-electron chi connectivity index (χ2n) is 7.40. The van der Waals surface area contributed by atoms with E-state index in [-0.39, 0.29) is 12.0 Å². The van der Waals surface area contributed by atoms with Gasteiger partial charge in [0.15, 0.2) is 0 Å². The summed E-state index contributed by atoms with van der Waals surface area (Å²) < 4.78 is 6.01. The van der Waals surface area contributed by atoms with Crippen molar-refractivity contribution in [2.24, 2.45) is 11.8 Å². The van der Waals surface area contributed by atoms with E-state index in [4.69, 9.17) is 9.57 Å². The van der Waals surface area contributed by atoms with Crippen molar-refractivity contribution in [1.82, 2.24) is 9.96 Å². The molecule has 1 aliphatic carbocycles. The highest BCUT2D eigenvalue weighted by molar-refractivity contribution is 5.75. The predicted molar refractivity (Wildman–Crippen MR) is 82.1 cm³/mol. The summed E-state index contributed by atoms with van der Waals surface area (Å²) in [6.45, 7) is 4.64. The Labute approximate surface area is 132 Å². The number of hydrogen-bond acceptors (Lipinski definition) is 4. The van der Waals surface area contributed by atoms with Crippen LogP contribution >= 0.6 is 0 Å². The van der Waals surface area contributed by atoms with Gasteiger partial charge in [0.05, 0.1) is 25.7 Å². The lowest BCUT2D eigenvalue weighted by Crippen LogP contribution is -2.49. The Balaban J connectivity index is 1.30. The number of amides is 1. The fourth-order valence-corrected chi connectivity index (χ4v) is 4.48. The molecule has 0 bridgehead atoms. The zero-order chi connectivity index (χ0) is 14.9. The Morgan fingerprint density at radius 3 is 2.73 bits per heavy atom. The second-order valence-corrected chi connectivity index (χ2v) is 7.40. The zero-order valence-corrected chi connectivity index (χ0v) is 13.4. The van der Waals surface area contributed by atoms with Crippen LogP contribution in [0.5, 0.6) is 0 Å². The lowest BCUT2D eigenvalue weighted by molar-refractivity contribution is -0.199. The maximum Gasteiger partial charge on any atom is 0.248 e. The van der Waals surface area contributed by atoms with Crippen LogP contribution in [0.15, 0.2) is 0 Å². The molecule has 0 spiro atoms. The molecule has 4 fully saturated rings. The molecule has 5 nitrogen and oxygen atoms in total. The van der Waals surface area contributed by atoms with Gasteiger partial charge in [-0.25, -0.2) is 5.06 Å². The number of rotatable bonds is 3. The third-order valence-electron chi connectivity index (χ3n) is 6.07. The SMILES string of the molecule is O=C(C[C@@H]1OC[C@@H]2CN(C3CCC3)CC[C@@H]21)N1CCCCO1. The van der Waals surface area contributed by atoms with Crippen LogP contribution in [-0.4, -0.2) is 60.9 Å². The summed E-state index contributed by atoms with van der Waals surface area (Å²) in [5.74, 6) is 1.33. The predicted octanol–water partition coefficient (Wildman–Crippen LogP) is 1.82. The van der Waals surface area contributed by atoms with Crippen LogP contribution in [0.1, 0.15) is 44.9 Å². The minimum absolute atomic E-state index is 0.117. The Morgan fingerprint density at radius 1 is 1.09 bits per heavy atom. The van der Waals surface area contributed by atoms with Gasteiger partial charge >= 0.3 is 0 Å². The number of hydrogen-bond donors (Lipinski definition) is 0. The molecule has 0 aromatic heterocycles. The molecule has 0 radical (unpaired) electrons. The molecule has 1 amide bonds. The molecule has 5 heteroatoms. The highest BCUT2D eigenvalue weighted by Gasteiger charge is 2.43. The fraction of sp³-hybridized carbons (Fsp3) is 0.941. The minimum atomic E-state index is 0.117. The smallest absolute Gasteiger partial charge is 0.248 e. The van der Waals surface area contributed by atoms with Gasteiger partial charge in [-0.2, -0.15) is 0 Å². The van der Waals surface area contributed by atoms with E-state index in [0.29, 0.717) is 24.9 Å². The van der Waals surface area contributed by atoms with Gasteiger partial charge < -0.3 is 9.64 Å². The third kappa shape index (κ3) is 2.91. The molecule has 124 valence electrons. The normalized spacial score (nSPS) is 36.9. The number of hydroxylamine groups is 2. The third-order valence-corrected chi connectivity index (χ3v) is 6.07. The van der Waals surface area contributed by atoms with Crippen molar-refractivity contribution < 1.29 is 14.4 Å². The lowest BCUT2D eigenvalue weighted by Gasteiger charge is -2.43. The maximum absolute atomic E-state index is 12.4. The number of ether oxygens (including phenoxy) is 1. The van der Waals surface area contributed by atoms with Crippen molar-refractivity contribution >= 4 is 5.91 Å². The van der Waals surface area contributed by atoms with Gasteiger partial charge in [0.2, 0.25) is 5.91 Å². The molecule has 0 aromatic rings. The van der Waals surface area contributed by atoms with Crippen LogP contribution < -0.4 is 0 Å². The maximum atomic E-state index is 12.4. The van der Waals surface area contributed by atoms with Crippen molar-refractivity contribution in [3.63, 3.8) is 0 Å². The molecule has 22 heavy (non-hydrogen) atoms. The van der Waals surface area contributed by atoms with E-state index < -0.39 is 0 Å². The van der Waals surface area contributed by atoms with Gasteiger partial charge in [0.1, 0.15) is 0 Å². The first-order chi connectivity index (χ1) is 10.8. The van der Waals surface area contributed by atoms with Crippen LogP contribution in [0.2, 0.25) is 0 Å². The Kier molecular flexibility index (Phi) is 4.38. The second kappa shape index (κ2) is 6.46. The number of fused-ring (bicyclic) bond motifs is 1. The molecule has 4 aliphatic rings. The standard InChI is InChI=1S/C17H28N2O3/c20-17(19-7-1-2-9-22-19)10-16-15-6-8-18(14-4-3-5-14)11-13(15)12-21-16/h13-16H,1-12H2/t13-,15-,16-/m0/s1. The lowest BCUT2D eigenvalue weighted by atomic mass is 9.80. The number of carbonyl (C=O) groups is 1. The van der Waals surface area contributed by atoms with Crippen LogP contribution in [0, 0.1) is 11.8 Å². The molecule has 1 saturated carbocycles. The molecule has 3 atom stereocenters. The highest BCUT2D eigenvalue weighted by Crippen LogP contribution is 2.38. The van der Waals surface area contributed by atoms with E-state index in [2.05, 4.69) is 4.90 Å². The summed E-state index contributed by atoms with van der Waals surface area (Å²) >= 11 is 0. The molecule has 0 N–H and O–H groups in total. The average molecular weight is 308 g/mol. The van der Waals surface area contributed by atoms with E-state index in [1.54, 1.807) is 5.06 Å². The van der Waals surface area contributed by atoms with E-state index in [1.807, 2.05) is 0 Å². The van der Waals surface area contributed by atoms with Gasteiger partial charge in [0.25, 0.3) is 0 Å². The van der Waals surface area contributed by atoms with Gasteiger partial charge in [-0.15, -0.1) is 0 Å². The van der Waals surface area contributed by atoms with Crippen LogP contribution in [0.25, 0.3) is 0 Å². The molecule has 4 rings (SSSR count). The Bertz CT molecular complexity index is 407. The highest BCUT2D eigenvalue weighted by atomic mass is 16.7. The summed E-state index contributed by atoms with van der Waals surface area (Å²) in [6, 6.07) is 0.836. The van der Waals surface area contributed by atoms with E-state index in [1.165, 1.54) is 38.8 Å². The number of likely N-dealkylation sites (tertiary alicyclic amines) is 1. The van der Waals surface area contributed by atoms with E-state index in [9.17, 15) is 4.79 Å². The molecular weight excluding hydrogens is 280 g/mol. The fourth-order valence-electron chi connectivity index (χ4n) is 4.48. The summed E-state index contributed by atoms with van der Waals surface area (Å²) in [5, 5.41) is 1.57. The summed E-state index contributed by atoms with van der Waals surface area (Å²) in [6.07, 6.45) is 8.10. The van der Waals surface area contributed by atoms with Gasteiger partial charge in [-0.05, 0) is 44.6 Å². The first kappa shape index (κ1) is 14.9. The Hall–Kier alpha value is -0.650. The monoisotopic (exact) mass is 308 g/mol. The Morgan fingerprint density at radius 2 is 2.00 bits per heavy atom. The largest absolute Gasteiger partial charge is 0.377 e. The number of nitrogens with zero attached hydrogens (tertiary/aromatic N) is 2. The van der Waals surface area contributed by atoms with Crippen molar-refractivity contribution in [1.29, 1.82) is 0 Å². The molecule has 0 aromatic carbocycles. The minimum Gasteiger partial charge on any atom is -0.377 e. The van der Waals surface area contributed by atoms with Crippen molar-refractivity contribution in [3.05, 3.63) is 0 Å². The first-order valence-corrected chi connectivity index (χ1v) is 9.10. The zero-order valence-electron chi connectivity index (χ0n) is 13.4. The summed E-state index contributed by atoms with van der Waals surface area (Å²) in [4.78, 5) is 20.5. The van der Waals surface area contributed by atoms with Gasteiger partial charge in [-0.1, -0.05) is 6.42 Å². The molecule has 3 saturated heterocycles. The van der Waals surface area contributed by atoms with Crippen molar-refractivity contribution in [3.8, 4) is 0 Å². The molecule has 3 aliphatic heterocycles. The number of carbonyl (C=O) groups excluding carboxylic acids is 1. The number of piperidine rings is 1. The molecule has 0 unspecified atom stereocenters. The quantitative estimate of drug-likeness (QED) is 0.797. The van der Waals surface area contributed by atoms with Crippen LogP contribution in [-0.2, 0) is 14.4 Å². The summed E-state index contributed by atoms with van der Waals surface area (Å²) in [5.41, 5.74) is 0. The van der Waals surface area contributed by atoms with Gasteiger partial charge in [0, 0.05) is 25.0 Å². The topological polar surface area (TPSA) is 42.0 Å². The van der Waals surface area contributed by atoms with E-state index >= 15 is 0 Å². The van der Waals surface area contributed by atoms with Crippen LogP contribution in [0.4, 0.5) is 0 Å².